The first-order valence-electron chi connectivity index (χ1n) is 10.5. The van der Waals surface area contributed by atoms with E-state index >= 15 is 0 Å². The highest BCUT2D eigenvalue weighted by Crippen LogP contribution is 2.32. The van der Waals surface area contributed by atoms with Gasteiger partial charge < -0.3 is 15.3 Å². The molecule has 0 aromatic heterocycles. The highest BCUT2D eigenvalue weighted by molar-refractivity contribution is 5.74. The Labute approximate surface area is 163 Å². The molecule has 1 saturated heterocycles. The molecule has 2 aromatic rings. The van der Waals surface area contributed by atoms with Crippen molar-refractivity contribution in [1.29, 1.82) is 0 Å². The fourth-order valence-corrected chi connectivity index (χ4v) is 4.96. The molecule has 27 heavy (non-hydrogen) atoms. The van der Waals surface area contributed by atoms with Crippen LogP contribution in [0.5, 0.6) is 0 Å². The van der Waals surface area contributed by atoms with Crippen LogP contribution in [0.15, 0.2) is 48.5 Å². The highest BCUT2D eigenvalue weighted by atomic mass is 16.3. The minimum absolute atomic E-state index is 0.335. The van der Waals surface area contributed by atoms with E-state index < -0.39 is 0 Å². The van der Waals surface area contributed by atoms with Crippen molar-refractivity contribution in [2.75, 3.05) is 24.6 Å². The molecule has 1 saturated carbocycles. The molecule has 1 aliphatic heterocycles. The van der Waals surface area contributed by atoms with Gasteiger partial charge in [0.05, 0.1) is 0 Å². The van der Waals surface area contributed by atoms with E-state index in [-0.39, 0.29) is 0 Å². The van der Waals surface area contributed by atoms with Gasteiger partial charge in [-0.05, 0) is 61.3 Å². The zero-order valence-corrected chi connectivity index (χ0v) is 16.4. The van der Waals surface area contributed by atoms with Gasteiger partial charge in [0.1, 0.15) is 0 Å². The molecule has 2 atom stereocenters. The monoisotopic (exact) mass is 364 g/mol. The summed E-state index contributed by atoms with van der Waals surface area (Å²) in [6.07, 6.45) is 6.03. The lowest BCUT2D eigenvalue weighted by atomic mass is 9.96. The van der Waals surface area contributed by atoms with Crippen LogP contribution >= 0.6 is 0 Å². The van der Waals surface area contributed by atoms with Crippen LogP contribution in [0, 0.1) is 12.8 Å². The van der Waals surface area contributed by atoms with Gasteiger partial charge in [-0.1, -0.05) is 48.9 Å². The van der Waals surface area contributed by atoms with E-state index in [1.54, 1.807) is 0 Å². The van der Waals surface area contributed by atoms with E-state index in [2.05, 4.69) is 65.7 Å². The Bertz CT molecular complexity index is 737. The van der Waals surface area contributed by atoms with Crippen molar-refractivity contribution in [2.24, 2.45) is 5.92 Å². The van der Waals surface area contributed by atoms with Gasteiger partial charge in [0.15, 0.2) is 0 Å². The normalized spacial score (nSPS) is 23.7. The van der Waals surface area contributed by atoms with Gasteiger partial charge >= 0.3 is 0 Å². The van der Waals surface area contributed by atoms with Crippen molar-refractivity contribution in [3.05, 3.63) is 54.1 Å². The molecule has 2 N–H and O–H groups in total. The Hall–Kier alpha value is -1.84. The summed E-state index contributed by atoms with van der Waals surface area (Å²) in [5, 5.41) is 13.4. The number of nitrogens with one attached hydrogen (secondary N) is 1. The summed E-state index contributed by atoms with van der Waals surface area (Å²) in [5.74, 6) is 0.466. The van der Waals surface area contributed by atoms with Crippen LogP contribution < -0.4 is 10.2 Å². The van der Waals surface area contributed by atoms with Crippen molar-refractivity contribution in [1.82, 2.24) is 5.32 Å². The van der Waals surface area contributed by atoms with Crippen molar-refractivity contribution >= 4 is 5.69 Å². The van der Waals surface area contributed by atoms with Crippen LogP contribution in [0.4, 0.5) is 5.69 Å². The average molecular weight is 365 g/mol. The quantitative estimate of drug-likeness (QED) is 0.826. The second-order valence-electron chi connectivity index (χ2n) is 8.22. The number of rotatable bonds is 5. The van der Waals surface area contributed by atoms with E-state index in [0.717, 1.165) is 13.1 Å². The molecule has 1 heterocycles. The van der Waals surface area contributed by atoms with Crippen molar-refractivity contribution in [3.8, 4) is 11.1 Å². The third-order valence-electron chi connectivity index (χ3n) is 6.57. The lowest BCUT2D eigenvalue weighted by Gasteiger charge is -2.37. The van der Waals surface area contributed by atoms with Gasteiger partial charge in [-0.15, -0.1) is 0 Å². The maximum Gasteiger partial charge on any atom is 0.0474 e. The average Bonchev–Trinajstić information content (AvgIpc) is 3.17. The van der Waals surface area contributed by atoms with Gasteiger partial charge in [0.2, 0.25) is 0 Å². The number of aliphatic hydroxyl groups is 1. The van der Waals surface area contributed by atoms with Crippen LogP contribution in [-0.2, 0) is 0 Å². The fourth-order valence-electron chi connectivity index (χ4n) is 4.96. The number of aliphatic hydroxyl groups excluding tert-OH is 1. The number of hydrogen-bond donors (Lipinski definition) is 2. The van der Waals surface area contributed by atoms with E-state index in [0.29, 0.717) is 24.6 Å². The van der Waals surface area contributed by atoms with Gasteiger partial charge in [-0.3, -0.25) is 0 Å². The number of anilines is 1. The molecule has 0 bridgehead atoms. The Morgan fingerprint density at radius 1 is 0.963 bits per heavy atom. The third-order valence-corrected chi connectivity index (χ3v) is 6.57. The van der Waals surface area contributed by atoms with Crippen molar-refractivity contribution in [2.45, 2.75) is 51.1 Å². The SMILES string of the molecule is Cc1c(-c2ccccc2)cccc1N1CCC(NC2CCCC2CO)CC1. The smallest absolute Gasteiger partial charge is 0.0474 e. The molecular formula is C24H32N2O. The second kappa shape index (κ2) is 8.45. The lowest BCUT2D eigenvalue weighted by Crippen LogP contribution is -2.47. The molecule has 3 nitrogen and oxygen atoms in total. The zero-order valence-electron chi connectivity index (χ0n) is 16.4. The molecular weight excluding hydrogens is 332 g/mol. The first kappa shape index (κ1) is 18.5. The number of nitrogens with zero attached hydrogens (tertiary/aromatic N) is 1. The predicted octanol–water partition coefficient (Wildman–Crippen LogP) is 4.38. The Morgan fingerprint density at radius 2 is 1.74 bits per heavy atom. The fraction of sp³-hybridized carbons (Fsp3) is 0.500. The topological polar surface area (TPSA) is 35.5 Å². The molecule has 2 aromatic carbocycles. The van der Waals surface area contributed by atoms with E-state index in [4.69, 9.17) is 0 Å². The minimum Gasteiger partial charge on any atom is -0.396 e. The summed E-state index contributed by atoms with van der Waals surface area (Å²) in [6, 6.07) is 18.5. The first-order valence-corrected chi connectivity index (χ1v) is 10.5. The maximum atomic E-state index is 9.56. The van der Waals surface area contributed by atoms with Crippen molar-refractivity contribution < 1.29 is 5.11 Å². The van der Waals surface area contributed by atoms with Gasteiger partial charge in [-0.25, -0.2) is 0 Å². The number of hydrogen-bond acceptors (Lipinski definition) is 3. The molecule has 4 rings (SSSR count). The summed E-state index contributed by atoms with van der Waals surface area (Å²) in [7, 11) is 0. The van der Waals surface area contributed by atoms with E-state index in [1.165, 1.54) is 54.5 Å². The summed E-state index contributed by atoms with van der Waals surface area (Å²) in [5.41, 5.74) is 5.39. The molecule has 1 aliphatic carbocycles. The Kier molecular flexibility index (Phi) is 5.80. The summed E-state index contributed by atoms with van der Waals surface area (Å²) >= 11 is 0. The highest BCUT2D eigenvalue weighted by Gasteiger charge is 2.30. The Morgan fingerprint density at radius 3 is 2.48 bits per heavy atom. The molecule has 0 radical (unpaired) electrons. The summed E-state index contributed by atoms with van der Waals surface area (Å²) < 4.78 is 0. The van der Waals surface area contributed by atoms with Gasteiger partial charge in [0.25, 0.3) is 0 Å². The molecule has 144 valence electrons. The molecule has 0 amide bonds. The van der Waals surface area contributed by atoms with Gasteiger partial charge in [-0.2, -0.15) is 0 Å². The molecule has 2 aliphatic rings. The van der Waals surface area contributed by atoms with E-state index in [9.17, 15) is 5.11 Å². The Balaban J connectivity index is 1.41. The third kappa shape index (κ3) is 4.04. The molecule has 2 unspecified atom stereocenters. The van der Waals surface area contributed by atoms with Crippen LogP contribution in [0.1, 0.15) is 37.7 Å². The number of benzene rings is 2. The van der Waals surface area contributed by atoms with Crippen LogP contribution in [0.2, 0.25) is 0 Å². The minimum atomic E-state index is 0.335. The predicted molar refractivity (Wildman–Crippen MR) is 113 cm³/mol. The zero-order chi connectivity index (χ0) is 18.6. The van der Waals surface area contributed by atoms with Gasteiger partial charge in [0, 0.05) is 37.5 Å². The van der Waals surface area contributed by atoms with E-state index in [1.807, 2.05) is 0 Å². The first-order chi connectivity index (χ1) is 13.3. The summed E-state index contributed by atoms with van der Waals surface area (Å²) in [6.45, 7) is 4.80. The lowest BCUT2D eigenvalue weighted by molar-refractivity contribution is 0.195. The molecule has 3 heteroatoms. The van der Waals surface area contributed by atoms with Crippen LogP contribution in [0.25, 0.3) is 11.1 Å². The van der Waals surface area contributed by atoms with Crippen molar-refractivity contribution in [3.63, 3.8) is 0 Å². The van der Waals surface area contributed by atoms with Crippen LogP contribution in [0.3, 0.4) is 0 Å². The molecule has 0 spiro atoms. The maximum absolute atomic E-state index is 9.56. The second-order valence-corrected chi connectivity index (χ2v) is 8.22. The van der Waals surface area contributed by atoms with Crippen LogP contribution in [-0.4, -0.2) is 36.9 Å². The summed E-state index contributed by atoms with van der Waals surface area (Å²) in [4.78, 5) is 2.55. The molecule has 2 fully saturated rings. The standard InChI is InChI=1S/C24H32N2O/c1-18-22(19-7-3-2-4-8-19)10-6-12-24(18)26-15-13-21(14-16-26)25-23-11-5-9-20(23)17-27/h2-4,6-8,10,12,20-21,23,25,27H,5,9,11,13-17H2,1H3. The number of piperidine rings is 1. The largest absolute Gasteiger partial charge is 0.396 e.